The summed E-state index contributed by atoms with van der Waals surface area (Å²) in [6, 6.07) is 27.6. The Morgan fingerprint density at radius 3 is 1.24 bits per heavy atom. The number of nitrogens with one attached hydrogen (secondary N) is 2. The van der Waals surface area contributed by atoms with Crippen molar-refractivity contribution < 1.29 is 78.9 Å². The molecule has 0 bridgehead atoms. The van der Waals surface area contributed by atoms with E-state index in [1.807, 2.05) is 12.1 Å². The van der Waals surface area contributed by atoms with Crippen molar-refractivity contribution >= 4 is 11.8 Å². The molecule has 10 N–H and O–H groups in total. The summed E-state index contributed by atoms with van der Waals surface area (Å²) in [5.74, 6) is 0.0680. The van der Waals surface area contributed by atoms with Gasteiger partial charge in [0.05, 0.1) is 39.6 Å². The van der Waals surface area contributed by atoms with Crippen LogP contribution in [-0.4, -0.2) is 167 Å². The molecule has 2 aliphatic rings. The monoisotopic (exact) mass is 864 g/mol. The van der Waals surface area contributed by atoms with Gasteiger partial charge in [-0.3, -0.25) is 9.59 Å². The van der Waals surface area contributed by atoms with Gasteiger partial charge >= 0.3 is 0 Å². The zero-order valence-corrected chi connectivity index (χ0v) is 33.5. The molecule has 62 heavy (non-hydrogen) atoms. The molecular weight excluding hydrogens is 812 g/mol. The van der Waals surface area contributed by atoms with E-state index in [0.717, 1.165) is 22.3 Å². The third kappa shape index (κ3) is 11.9. The van der Waals surface area contributed by atoms with Gasteiger partial charge in [-0.2, -0.15) is 0 Å². The van der Waals surface area contributed by atoms with Crippen molar-refractivity contribution in [2.45, 2.75) is 61.4 Å². The topological polar surface area (TPSA) is 275 Å². The van der Waals surface area contributed by atoms with E-state index in [-0.39, 0.29) is 51.3 Å². The lowest BCUT2D eigenvalue weighted by molar-refractivity contribution is -0.277. The fourth-order valence-corrected chi connectivity index (χ4v) is 6.73. The summed E-state index contributed by atoms with van der Waals surface area (Å²) in [7, 11) is 0. The van der Waals surface area contributed by atoms with Gasteiger partial charge in [0.2, 0.25) is 12.6 Å². The molecule has 4 aromatic rings. The molecule has 6 rings (SSSR count). The van der Waals surface area contributed by atoms with Crippen molar-refractivity contribution in [3.05, 3.63) is 108 Å². The van der Waals surface area contributed by atoms with Crippen LogP contribution in [-0.2, 0) is 18.9 Å². The summed E-state index contributed by atoms with van der Waals surface area (Å²) < 4.78 is 33.3. The number of aliphatic hydroxyl groups is 8. The van der Waals surface area contributed by atoms with Crippen molar-refractivity contribution in [2.75, 3.05) is 52.7 Å². The molecule has 2 saturated heterocycles. The minimum atomic E-state index is -1.55. The fraction of sp³-hybridized carbons (Fsp3) is 0.409. The standard InChI is InChI=1S/C44H52N2O16/c47-23-33-35(49)37(51)39(53)43(61-33)59-31-11-7-25(8-12-31)27-3-1-5-29(21-27)41(55)45-15-17-57-19-20-58-18-16-46-42(56)30-6-2-4-28(22-30)26-9-13-32(14-10-26)60-44-40(54)38(52)36(50)34(24-48)62-44/h1-14,21-22,33-40,43-44,47-54H,15-20,23-24H2,(H,45,55)(H,46,56). The average Bonchev–Trinajstić information content (AvgIpc) is 3.30. The average molecular weight is 865 g/mol. The minimum absolute atomic E-state index is 0.256. The van der Waals surface area contributed by atoms with Crippen LogP contribution in [0.25, 0.3) is 22.3 Å². The van der Waals surface area contributed by atoms with E-state index in [1.165, 1.54) is 0 Å². The summed E-state index contributed by atoms with van der Waals surface area (Å²) in [5, 5.41) is 84.9. The van der Waals surface area contributed by atoms with Crippen LogP contribution >= 0.6 is 0 Å². The van der Waals surface area contributed by atoms with Gasteiger partial charge in [-0.25, -0.2) is 0 Å². The van der Waals surface area contributed by atoms with Crippen LogP contribution < -0.4 is 20.1 Å². The number of hydrogen-bond acceptors (Lipinski definition) is 16. The highest BCUT2D eigenvalue weighted by Crippen LogP contribution is 2.29. The molecule has 10 atom stereocenters. The lowest BCUT2D eigenvalue weighted by atomic mass is 9.99. The molecule has 0 radical (unpaired) electrons. The van der Waals surface area contributed by atoms with Gasteiger partial charge in [-0.15, -0.1) is 0 Å². The predicted octanol–water partition coefficient (Wildman–Crippen LogP) is -0.429. The van der Waals surface area contributed by atoms with Crippen molar-refractivity contribution in [3.8, 4) is 33.8 Å². The van der Waals surface area contributed by atoms with Gasteiger partial charge in [0.25, 0.3) is 11.8 Å². The van der Waals surface area contributed by atoms with Gasteiger partial charge in [0.1, 0.15) is 60.3 Å². The first-order valence-electron chi connectivity index (χ1n) is 20.0. The second-order valence-electron chi connectivity index (χ2n) is 14.6. The highest BCUT2D eigenvalue weighted by atomic mass is 16.7. The van der Waals surface area contributed by atoms with Gasteiger partial charge < -0.3 is 79.9 Å². The van der Waals surface area contributed by atoms with Gasteiger partial charge in [0, 0.05) is 24.2 Å². The molecule has 0 saturated carbocycles. The van der Waals surface area contributed by atoms with Crippen molar-refractivity contribution in [1.29, 1.82) is 0 Å². The lowest BCUT2D eigenvalue weighted by Gasteiger charge is -2.39. The molecule has 4 aromatic carbocycles. The molecule has 2 aliphatic heterocycles. The number of carbonyl (C=O) groups is 2. The largest absolute Gasteiger partial charge is 0.462 e. The van der Waals surface area contributed by atoms with E-state index in [4.69, 9.17) is 28.4 Å². The second kappa shape index (κ2) is 22.3. The maximum Gasteiger partial charge on any atom is 0.251 e. The molecule has 0 aromatic heterocycles. The lowest BCUT2D eigenvalue weighted by Crippen LogP contribution is -2.60. The Morgan fingerprint density at radius 2 is 0.871 bits per heavy atom. The van der Waals surface area contributed by atoms with Crippen LogP contribution in [0.2, 0.25) is 0 Å². The van der Waals surface area contributed by atoms with Crippen molar-refractivity contribution in [3.63, 3.8) is 0 Å². The van der Waals surface area contributed by atoms with Crippen LogP contribution in [0.1, 0.15) is 20.7 Å². The van der Waals surface area contributed by atoms with Crippen LogP contribution in [0.5, 0.6) is 11.5 Å². The second-order valence-corrected chi connectivity index (χ2v) is 14.6. The van der Waals surface area contributed by atoms with E-state index >= 15 is 0 Å². The maximum atomic E-state index is 12.8. The molecule has 0 spiro atoms. The van der Waals surface area contributed by atoms with E-state index < -0.39 is 74.6 Å². The minimum Gasteiger partial charge on any atom is -0.462 e. The van der Waals surface area contributed by atoms with Crippen LogP contribution in [0.15, 0.2) is 97.1 Å². The van der Waals surface area contributed by atoms with Crippen LogP contribution in [0.3, 0.4) is 0 Å². The first-order chi connectivity index (χ1) is 30.0. The summed E-state index contributed by atoms with van der Waals surface area (Å²) in [6.45, 7) is 0.475. The smallest absolute Gasteiger partial charge is 0.251 e. The molecule has 2 amide bonds. The number of rotatable bonds is 19. The molecule has 2 fully saturated rings. The van der Waals surface area contributed by atoms with E-state index in [0.29, 0.717) is 22.6 Å². The normalized spacial score (nSPS) is 26.1. The van der Waals surface area contributed by atoms with Crippen molar-refractivity contribution in [2.24, 2.45) is 0 Å². The molecule has 2 heterocycles. The Balaban J connectivity index is 0.846. The van der Waals surface area contributed by atoms with Crippen LogP contribution in [0.4, 0.5) is 0 Å². The number of ether oxygens (including phenoxy) is 6. The number of aliphatic hydroxyl groups excluding tert-OH is 8. The molecule has 0 aliphatic carbocycles. The Bertz CT molecular complexity index is 1890. The van der Waals surface area contributed by atoms with E-state index in [2.05, 4.69) is 10.6 Å². The number of amides is 2. The summed E-state index contributed by atoms with van der Waals surface area (Å²) >= 11 is 0. The summed E-state index contributed by atoms with van der Waals surface area (Å²) in [6.07, 6.45) is -13.9. The molecule has 10 unspecified atom stereocenters. The molecule has 18 nitrogen and oxygen atoms in total. The molecular formula is C44H52N2O16. The highest BCUT2D eigenvalue weighted by molar-refractivity contribution is 5.96. The number of carbonyl (C=O) groups excluding carboxylic acids is 2. The highest BCUT2D eigenvalue weighted by Gasteiger charge is 2.45. The van der Waals surface area contributed by atoms with E-state index in [9.17, 15) is 50.4 Å². The Labute approximate surface area is 356 Å². The maximum absolute atomic E-state index is 12.8. The predicted molar refractivity (Wildman–Crippen MR) is 219 cm³/mol. The first-order valence-corrected chi connectivity index (χ1v) is 20.0. The zero-order chi connectivity index (χ0) is 44.2. The third-order valence-electron chi connectivity index (χ3n) is 10.3. The van der Waals surface area contributed by atoms with Gasteiger partial charge in [-0.05, 0) is 70.8 Å². The summed E-state index contributed by atoms with van der Waals surface area (Å²) in [5.41, 5.74) is 3.98. The number of benzene rings is 4. The van der Waals surface area contributed by atoms with Crippen molar-refractivity contribution in [1.82, 2.24) is 10.6 Å². The van der Waals surface area contributed by atoms with Crippen LogP contribution in [0, 0.1) is 0 Å². The summed E-state index contributed by atoms with van der Waals surface area (Å²) in [4.78, 5) is 25.7. The van der Waals surface area contributed by atoms with Gasteiger partial charge in [-0.1, -0.05) is 48.5 Å². The fourth-order valence-electron chi connectivity index (χ4n) is 6.73. The quantitative estimate of drug-likeness (QED) is 0.0536. The molecule has 18 heteroatoms. The Kier molecular flexibility index (Phi) is 16.7. The Morgan fingerprint density at radius 1 is 0.484 bits per heavy atom. The molecule has 334 valence electrons. The third-order valence-corrected chi connectivity index (χ3v) is 10.3. The Hall–Kier alpha value is -5.06. The first kappa shape index (κ1) is 46.4. The van der Waals surface area contributed by atoms with Gasteiger partial charge in [0.15, 0.2) is 0 Å². The SMILES string of the molecule is O=C(NCCOCCOCCNC(=O)c1cccc(-c2ccc(OC3OC(CO)C(O)C(O)C3O)cc2)c1)c1cccc(-c2ccc(OC3OC(CO)C(O)C(O)C3O)cc2)c1. The zero-order valence-electron chi connectivity index (χ0n) is 33.5. The van der Waals surface area contributed by atoms with E-state index in [1.54, 1.807) is 84.9 Å². The number of hydrogen-bond donors (Lipinski definition) is 10.